The summed E-state index contributed by atoms with van der Waals surface area (Å²) in [6.07, 6.45) is 0. The predicted molar refractivity (Wildman–Crippen MR) is 66.5 cm³/mol. The van der Waals surface area contributed by atoms with Gasteiger partial charge in [0.15, 0.2) is 0 Å². The normalized spacial score (nSPS) is 12.6. The van der Waals surface area contributed by atoms with Crippen molar-refractivity contribution in [3.05, 3.63) is 0 Å². The topological polar surface area (TPSA) is 67.4 Å². The Hall–Kier alpha value is -1.10. The molecule has 0 aliphatic carbocycles. The lowest BCUT2D eigenvalue weighted by molar-refractivity contribution is -0.144. The van der Waals surface area contributed by atoms with E-state index in [1.54, 1.807) is 0 Å². The highest BCUT2D eigenvalue weighted by molar-refractivity contribution is 5.80. The number of amides is 1. The Morgan fingerprint density at radius 2 is 1.76 bits per heavy atom. The SMILES string of the molecule is COC(=O)C(NCC(=O)NCC(C)C)C(C)C. The summed E-state index contributed by atoms with van der Waals surface area (Å²) in [5, 5.41) is 5.69. The van der Waals surface area contributed by atoms with Crippen LogP contribution in [0.4, 0.5) is 0 Å². The van der Waals surface area contributed by atoms with Crippen molar-refractivity contribution in [3.8, 4) is 0 Å². The Labute approximate surface area is 103 Å². The number of carbonyl (C=O) groups is 2. The molecule has 1 atom stereocenters. The minimum atomic E-state index is -0.440. The van der Waals surface area contributed by atoms with Crippen LogP contribution in [0.3, 0.4) is 0 Å². The monoisotopic (exact) mass is 244 g/mol. The molecule has 0 rings (SSSR count). The van der Waals surface area contributed by atoms with Crippen molar-refractivity contribution in [1.82, 2.24) is 10.6 Å². The average Bonchev–Trinajstić information content (AvgIpc) is 2.25. The molecule has 0 saturated carbocycles. The van der Waals surface area contributed by atoms with E-state index < -0.39 is 6.04 Å². The molecule has 0 fully saturated rings. The van der Waals surface area contributed by atoms with Gasteiger partial charge in [-0.3, -0.25) is 14.9 Å². The van der Waals surface area contributed by atoms with E-state index in [0.29, 0.717) is 12.5 Å². The first-order valence-corrected chi connectivity index (χ1v) is 5.96. The average molecular weight is 244 g/mol. The molecule has 1 unspecified atom stereocenters. The summed E-state index contributed by atoms with van der Waals surface area (Å²) in [7, 11) is 1.35. The number of ether oxygens (including phenoxy) is 1. The Kier molecular flexibility index (Phi) is 7.54. The van der Waals surface area contributed by atoms with Gasteiger partial charge in [-0.15, -0.1) is 0 Å². The van der Waals surface area contributed by atoms with Crippen LogP contribution < -0.4 is 10.6 Å². The van der Waals surface area contributed by atoms with Crippen LogP contribution in [0.1, 0.15) is 27.7 Å². The van der Waals surface area contributed by atoms with E-state index in [1.807, 2.05) is 27.7 Å². The Morgan fingerprint density at radius 3 is 2.18 bits per heavy atom. The van der Waals surface area contributed by atoms with Crippen LogP contribution in [0.25, 0.3) is 0 Å². The van der Waals surface area contributed by atoms with E-state index >= 15 is 0 Å². The molecule has 2 N–H and O–H groups in total. The molecule has 0 aromatic heterocycles. The molecule has 0 bridgehead atoms. The van der Waals surface area contributed by atoms with Crippen LogP contribution in [0.5, 0.6) is 0 Å². The fraction of sp³-hybridized carbons (Fsp3) is 0.833. The summed E-state index contributed by atoms with van der Waals surface area (Å²) in [5.74, 6) is 0.0608. The molecule has 17 heavy (non-hydrogen) atoms. The standard InChI is InChI=1S/C12H24N2O3/c1-8(2)6-13-10(15)7-14-11(9(3)4)12(16)17-5/h8-9,11,14H,6-7H2,1-5H3,(H,13,15). The van der Waals surface area contributed by atoms with Gasteiger partial charge >= 0.3 is 5.97 Å². The zero-order valence-corrected chi connectivity index (χ0v) is 11.4. The van der Waals surface area contributed by atoms with Gasteiger partial charge < -0.3 is 10.1 Å². The second-order valence-corrected chi connectivity index (χ2v) is 4.82. The molecule has 0 aliphatic heterocycles. The molecular weight excluding hydrogens is 220 g/mol. The number of esters is 1. The number of hydrogen-bond donors (Lipinski definition) is 2. The van der Waals surface area contributed by atoms with Crippen molar-refractivity contribution in [3.63, 3.8) is 0 Å². The van der Waals surface area contributed by atoms with Crippen LogP contribution in [-0.2, 0) is 14.3 Å². The summed E-state index contributed by atoms with van der Waals surface area (Å²) in [6.45, 7) is 8.63. The van der Waals surface area contributed by atoms with Gasteiger partial charge in [0.25, 0.3) is 0 Å². The first kappa shape index (κ1) is 15.9. The van der Waals surface area contributed by atoms with Crippen LogP contribution in [0.15, 0.2) is 0 Å². The Morgan fingerprint density at radius 1 is 1.18 bits per heavy atom. The van der Waals surface area contributed by atoms with Crippen molar-refractivity contribution < 1.29 is 14.3 Å². The Bertz CT molecular complexity index is 252. The third-order valence-electron chi connectivity index (χ3n) is 2.31. The second-order valence-electron chi connectivity index (χ2n) is 4.82. The van der Waals surface area contributed by atoms with Crippen LogP contribution in [-0.4, -0.2) is 38.1 Å². The lowest BCUT2D eigenvalue weighted by Crippen LogP contribution is -2.46. The van der Waals surface area contributed by atoms with E-state index in [9.17, 15) is 9.59 Å². The van der Waals surface area contributed by atoms with Gasteiger partial charge in [0.05, 0.1) is 13.7 Å². The van der Waals surface area contributed by atoms with Gasteiger partial charge in [-0.25, -0.2) is 0 Å². The highest BCUT2D eigenvalue weighted by Crippen LogP contribution is 2.02. The summed E-state index contributed by atoms with van der Waals surface area (Å²) in [6, 6.07) is -0.440. The van der Waals surface area contributed by atoms with E-state index in [1.165, 1.54) is 7.11 Å². The molecule has 0 aromatic carbocycles. The highest BCUT2D eigenvalue weighted by Gasteiger charge is 2.22. The van der Waals surface area contributed by atoms with Crippen molar-refractivity contribution in [2.75, 3.05) is 20.2 Å². The zero-order chi connectivity index (χ0) is 13.4. The molecular formula is C12H24N2O3. The smallest absolute Gasteiger partial charge is 0.323 e. The van der Waals surface area contributed by atoms with Crippen LogP contribution in [0.2, 0.25) is 0 Å². The van der Waals surface area contributed by atoms with E-state index in [2.05, 4.69) is 15.4 Å². The van der Waals surface area contributed by atoms with Crippen molar-refractivity contribution in [1.29, 1.82) is 0 Å². The minimum Gasteiger partial charge on any atom is -0.468 e. The molecule has 5 heteroatoms. The first-order valence-electron chi connectivity index (χ1n) is 5.96. The maximum Gasteiger partial charge on any atom is 0.323 e. The van der Waals surface area contributed by atoms with Crippen molar-refractivity contribution in [2.45, 2.75) is 33.7 Å². The Balaban J connectivity index is 4.04. The van der Waals surface area contributed by atoms with Crippen LogP contribution >= 0.6 is 0 Å². The van der Waals surface area contributed by atoms with Gasteiger partial charge in [0.1, 0.15) is 6.04 Å². The summed E-state index contributed by atoms with van der Waals surface area (Å²) in [5.41, 5.74) is 0. The van der Waals surface area contributed by atoms with E-state index in [4.69, 9.17) is 0 Å². The zero-order valence-electron chi connectivity index (χ0n) is 11.4. The van der Waals surface area contributed by atoms with E-state index in [0.717, 1.165) is 0 Å². The molecule has 5 nitrogen and oxygen atoms in total. The minimum absolute atomic E-state index is 0.0837. The molecule has 0 heterocycles. The summed E-state index contributed by atoms with van der Waals surface area (Å²) in [4.78, 5) is 22.9. The summed E-state index contributed by atoms with van der Waals surface area (Å²) < 4.78 is 4.67. The molecule has 1 amide bonds. The largest absolute Gasteiger partial charge is 0.468 e. The van der Waals surface area contributed by atoms with Crippen molar-refractivity contribution >= 4 is 11.9 Å². The number of hydrogen-bond acceptors (Lipinski definition) is 4. The third-order valence-corrected chi connectivity index (χ3v) is 2.31. The van der Waals surface area contributed by atoms with Gasteiger partial charge in [0, 0.05) is 6.54 Å². The van der Waals surface area contributed by atoms with E-state index in [-0.39, 0.29) is 24.3 Å². The fourth-order valence-electron chi connectivity index (χ4n) is 1.30. The van der Waals surface area contributed by atoms with Gasteiger partial charge in [-0.05, 0) is 11.8 Å². The molecule has 100 valence electrons. The third kappa shape index (κ3) is 6.94. The van der Waals surface area contributed by atoms with Crippen LogP contribution in [0, 0.1) is 11.8 Å². The fourth-order valence-corrected chi connectivity index (χ4v) is 1.30. The number of methoxy groups -OCH3 is 1. The molecule has 0 aliphatic rings. The lowest BCUT2D eigenvalue weighted by atomic mass is 10.0. The van der Waals surface area contributed by atoms with Crippen molar-refractivity contribution in [2.24, 2.45) is 11.8 Å². The second kappa shape index (κ2) is 8.06. The molecule has 0 radical (unpaired) electrons. The van der Waals surface area contributed by atoms with Gasteiger partial charge in [0.2, 0.25) is 5.91 Å². The first-order chi connectivity index (χ1) is 7.88. The van der Waals surface area contributed by atoms with Gasteiger partial charge in [-0.2, -0.15) is 0 Å². The summed E-state index contributed by atoms with van der Waals surface area (Å²) >= 11 is 0. The maximum absolute atomic E-state index is 11.5. The molecule has 0 spiro atoms. The number of nitrogens with one attached hydrogen (secondary N) is 2. The predicted octanol–water partition coefficient (Wildman–Crippen LogP) is 0.546. The quantitative estimate of drug-likeness (QED) is 0.642. The van der Waals surface area contributed by atoms with Gasteiger partial charge in [-0.1, -0.05) is 27.7 Å². The number of rotatable bonds is 7. The molecule has 0 saturated heterocycles. The number of carbonyl (C=O) groups excluding carboxylic acids is 2. The lowest BCUT2D eigenvalue weighted by Gasteiger charge is -2.19. The maximum atomic E-state index is 11.5. The highest BCUT2D eigenvalue weighted by atomic mass is 16.5. The molecule has 0 aromatic rings.